The summed E-state index contributed by atoms with van der Waals surface area (Å²) >= 11 is 7.38. The molecule has 2 aromatic carbocycles. The maximum Gasteiger partial charge on any atom is 0.287 e. The SMILES string of the molecule is O=C1Cn2c(C(=O)NCc3ccon3)nc(NC(=O)c3nsc4ccc(F)cc34)c2C(c2cc(F)ccc2Cl)N1. The number of rotatable bonds is 6. The van der Waals surface area contributed by atoms with Crippen molar-refractivity contribution in [2.45, 2.75) is 19.1 Å². The predicted octanol–water partition coefficient (Wildman–Crippen LogP) is 3.81. The van der Waals surface area contributed by atoms with Gasteiger partial charge in [-0.3, -0.25) is 14.4 Å². The summed E-state index contributed by atoms with van der Waals surface area (Å²) < 4.78 is 39.0. The molecule has 3 N–H and O–H groups in total. The number of anilines is 1. The van der Waals surface area contributed by atoms with E-state index in [1.54, 1.807) is 6.07 Å². The standard InChI is InChI=1S/C25H16ClF2N7O4S/c26-16-3-1-11(27)7-14(16)19-21-22(32-24(37)20-15-8-12(28)2-4-17(15)40-34-20)31-23(35(21)10-18(36)30-19)25(38)29-9-13-5-6-39-33-13/h1-8,19H,9-10H2,(H,29,38)(H,30,36)(H,32,37). The smallest absolute Gasteiger partial charge is 0.287 e. The zero-order valence-electron chi connectivity index (χ0n) is 20.1. The zero-order valence-corrected chi connectivity index (χ0v) is 21.6. The lowest BCUT2D eigenvalue weighted by atomic mass is 10.0. The summed E-state index contributed by atoms with van der Waals surface area (Å²) in [7, 11) is 0. The quantitative estimate of drug-likeness (QED) is 0.276. The minimum Gasteiger partial charge on any atom is -0.364 e. The number of nitrogens with one attached hydrogen (secondary N) is 3. The van der Waals surface area contributed by atoms with E-state index in [9.17, 15) is 23.2 Å². The summed E-state index contributed by atoms with van der Waals surface area (Å²) in [5.74, 6) is -3.36. The number of nitrogens with zero attached hydrogens (tertiary/aromatic N) is 4. The first kappa shape index (κ1) is 25.6. The summed E-state index contributed by atoms with van der Waals surface area (Å²) in [6.45, 7) is -0.319. The van der Waals surface area contributed by atoms with Crippen LogP contribution in [0.1, 0.15) is 44.1 Å². The summed E-state index contributed by atoms with van der Waals surface area (Å²) in [6, 6.07) is 8.06. The van der Waals surface area contributed by atoms with Gasteiger partial charge in [0.05, 0.1) is 23.0 Å². The number of halogens is 3. The van der Waals surface area contributed by atoms with E-state index in [4.69, 9.17) is 16.1 Å². The van der Waals surface area contributed by atoms with Gasteiger partial charge in [-0.2, -0.15) is 4.37 Å². The molecule has 0 fully saturated rings. The van der Waals surface area contributed by atoms with Crippen molar-refractivity contribution in [3.8, 4) is 0 Å². The van der Waals surface area contributed by atoms with Gasteiger partial charge in [0, 0.05) is 22.0 Å². The van der Waals surface area contributed by atoms with Crippen LogP contribution in [0.3, 0.4) is 0 Å². The number of amides is 3. The first-order chi connectivity index (χ1) is 19.3. The van der Waals surface area contributed by atoms with Crippen molar-refractivity contribution in [1.29, 1.82) is 0 Å². The third-order valence-electron chi connectivity index (χ3n) is 6.16. The van der Waals surface area contributed by atoms with Gasteiger partial charge in [-0.05, 0) is 47.9 Å². The summed E-state index contributed by atoms with van der Waals surface area (Å²) in [4.78, 5) is 43.6. The second-order valence-electron chi connectivity index (χ2n) is 8.72. The Hall–Kier alpha value is -4.69. The van der Waals surface area contributed by atoms with Crippen LogP contribution in [0.4, 0.5) is 14.6 Å². The molecule has 0 saturated carbocycles. The topological polar surface area (TPSA) is 144 Å². The third-order valence-corrected chi connectivity index (χ3v) is 7.33. The summed E-state index contributed by atoms with van der Waals surface area (Å²) in [5, 5.41) is 12.2. The molecule has 5 aromatic rings. The normalized spacial score (nSPS) is 14.6. The van der Waals surface area contributed by atoms with E-state index >= 15 is 0 Å². The highest BCUT2D eigenvalue weighted by atomic mass is 35.5. The minimum atomic E-state index is -1.08. The molecule has 11 nitrogen and oxygen atoms in total. The second kappa shape index (κ2) is 10.1. The molecule has 3 aromatic heterocycles. The highest BCUT2D eigenvalue weighted by Gasteiger charge is 2.36. The molecule has 4 heterocycles. The van der Waals surface area contributed by atoms with E-state index in [2.05, 4.69) is 30.5 Å². The lowest BCUT2D eigenvalue weighted by Gasteiger charge is -2.28. The largest absolute Gasteiger partial charge is 0.364 e. The van der Waals surface area contributed by atoms with Gasteiger partial charge >= 0.3 is 0 Å². The van der Waals surface area contributed by atoms with E-state index in [1.807, 2.05) is 0 Å². The molecule has 1 unspecified atom stereocenters. The monoisotopic (exact) mass is 583 g/mol. The van der Waals surface area contributed by atoms with Crippen LogP contribution in [-0.4, -0.2) is 36.8 Å². The van der Waals surface area contributed by atoms with Crippen molar-refractivity contribution in [2.24, 2.45) is 0 Å². The molecule has 1 aliphatic rings. The molecular weight excluding hydrogens is 568 g/mol. The molecule has 0 aliphatic carbocycles. The van der Waals surface area contributed by atoms with Gasteiger partial charge < -0.3 is 25.0 Å². The Kier molecular flexibility index (Phi) is 6.48. The number of carbonyl (C=O) groups is 3. The molecule has 0 radical (unpaired) electrons. The maximum atomic E-state index is 14.2. The highest BCUT2D eigenvalue weighted by Crippen LogP contribution is 2.36. The molecular formula is C25H16ClF2N7O4S. The third kappa shape index (κ3) is 4.67. The lowest BCUT2D eigenvalue weighted by molar-refractivity contribution is -0.123. The molecule has 0 saturated heterocycles. The first-order valence-corrected chi connectivity index (χ1v) is 12.8. The van der Waals surface area contributed by atoms with Crippen LogP contribution in [0.25, 0.3) is 10.1 Å². The zero-order chi connectivity index (χ0) is 28.0. The van der Waals surface area contributed by atoms with E-state index < -0.39 is 35.4 Å². The summed E-state index contributed by atoms with van der Waals surface area (Å²) in [5.41, 5.74) is 0.746. The molecule has 1 atom stereocenters. The van der Waals surface area contributed by atoms with E-state index in [1.165, 1.54) is 35.1 Å². The molecule has 6 rings (SSSR count). The fraction of sp³-hybridized carbons (Fsp3) is 0.120. The van der Waals surface area contributed by atoms with Gasteiger partial charge in [0.2, 0.25) is 11.7 Å². The number of imidazole rings is 1. The van der Waals surface area contributed by atoms with Crippen LogP contribution in [0.5, 0.6) is 0 Å². The van der Waals surface area contributed by atoms with Crippen molar-refractivity contribution in [2.75, 3.05) is 5.32 Å². The van der Waals surface area contributed by atoms with Gasteiger partial charge in [0.1, 0.15) is 35.8 Å². The van der Waals surface area contributed by atoms with E-state index in [-0.39, 0.29) is 46.7 Å². The maximum absolute atomic E-state index is 14.2. The Morgan fingerprint density at radius 3 is 2.75 bits per heavy atom. The first-order valence-electron chi connectivity index (χ1n) is 11.7. The van der Waals surface area contributed by atoms with E-state index in [0.29, 0.717) is 15.8 Å². The number of hydrogen-bond acceptors (Lipinski definition) is 8. The number of benzene rings is 2. The Labute approximate surface area is 232 Å². The van der Waals surface area contributed by atoms with Crippen molar-refractivity contribution in [3.05, 3.63) is 93.9 Å². The lowest BCUT2D eigenvalue weighted by Crippen LogP contribution is -2.41. The van der Waals surface area contributed by atoms with Gasteiger partial charge in [-0.1, -0.05) is 16.8 Å². The summed E-state index contributed by atoms with van der Waals surface area (Å²) in [6.07, 6.45) is 1.35. The van der Waals surface area contributed by atoms with Crippen LogP contribution in [-0.2, 0) is 17.9 Å². The molecule has 0 bridgehead atoms. The van der Waals surface area contributed by atoms with E-state index in [0.717, 1.165) is 23.7 Å². The number of carbonyl (C=O) groups excluding carboxylic acids is 3. The fourth-order valence-corrected chi connectivity index (χ4v) is 5.36. The molecule has 0 spiro atoms. The Morgan fingerprint density at radius 1 is 1.15 bits per heavy atom. The van der Waals surface area contributed by atoms with Crippen LogP contribution in [0.15, 0.2) is 53.3 Å². The number of aromatic nitrogens is 4. The van der Waals surface area contributed by atoms with Crippen LogP contribution < -0.4 is 16.0 Å². The van der Waals surface area contributed by atoms with Crippen LogP contribution in [0.2, 0.25) is 5.02 Å². The second-order valence-corrected chi connectivity index (χ2v) is 9.93. The number of fused-ring (bicyclic) bond motifs is 2. The Morgan fingerprint density at radius 2 is 1.95 bits per heavy atom. The molecule has 1 aliphatic heterocycles. The van der Waals surface area contributed by atoms with Crippen molar-refractivity contribution in [1.82, 2.24) is 29.7 Å². The molecule has 3 amide bonds. The van der Waals surface area contributed by atoms with Crippen LogP contribution in [0, 0.1) is 11.6 Å². The molecule has 202 valence electrons. The Bertz CT molecular complexity index is 1800. The average molecular weight is 584 g/mol. The van der Waals surface area contributed by atoms with Gasteiger partial charge in [0.15, 0.2) is 5.82 Å². The van der Waals surface area contributed by atoms with Gasteiger partial charge in [-0.15, -0.1) is 0 Å². The van der Waals surface area contributed by atoms with Crippen LogP contribution >= 0.6 is 23.1 Å². The molecule has 15 heteroatoms. The van der Waals surface area contributed by atoms with Gasteiger partial charge in [0.25, 0.3) is 11.8 Å². The average Bonchev–Trinajstić information content (AvgIpc) is 3.67. The molecule has 40 heavy (non-hydrogen) atoms. The number of hydrogen-bond donors (Lipinski definition) is 3. The minimum absolute atomic E-state index is 0.000938. The Balaban J connectivity index is 1.44. The predicted molar refractivity (Wildman–Crippen MR) is 139 cm³/mol. The van der Waals surface area contributed by atoms with Crippen molar-refractivity contribution >= 4 is 56.8 Å². The fourth-order valence-electron chi connectivity index (χ4n) is 4.38. The van der Waals surface area contributed by atoms with Crippen molar-refractivity contribution in [3.63, 3.8) is 0 Å². The van der Waals surface area contributed by atoms with Crippen molar-refractivity contribution < 1.29 is 27.7 Å². The highest BCUT2D eigenvalue weighted by molar-refractivity contribution is 7.13. The van der Waals surface area contributed by atoms with Gasteiger partial charge in [-0.25, -0.2) is 13.8 Å².